The Kier molecular flexibility index (Phi) is 3.99. The van der Waals surface area contributed by atoms with Crippen molar-refractivity contribution in [2.45, 2.75) is 38.2 Å². The fourth-order valence-corrected chi connectivity index (χ4v) is 2.65. The molecule has 4 heteroatoms. The number of benzene rings is 1. The normalized spacial score (nSPS) is 27.3. The Morgan fingerprint density at radius 3 is 2.42 bits per heavy atom. The lowest BCUT2D eigenvalue weighted by atomic mass is 9.75. The topological polar surface area (TPSA) is 26.3 Å². The minimum absolute atomic E-state index is 0.176. The van der Waals surface area contributed by atoms with Gasteiger partial charge in [0, 0.05) is 12.7 Å². The Hall–Kier alpha value is -1.29. The molecule has 0 saturated heterocycles. The van der Waals surface area contributed by atoms with Gasteiger partial charge in [0.15, 0.2) is 17.4 Å². The molecule has 1 fully saturated rings. The van der Waals surface area contributed by atoms with Gasteiger partial charge in [-0.25, -0.2) is 8.78 Å². The fraction of sp³-hybridized carbons (Fsp3) is 0.533. The number of methoxy groups -OCH3 is 1. The highest BCUT2D eigenvalue weighted by Crippen LogP contribution is 2.36. The van der Waals surface area contributed by atoms with Crippen molar-refractivity contribution in [2.24, 2.45) is 5.92 Å². The van der Waals surface area contributed by atoms with E-state index in [-0.39, 0.29) is 11.3 Å². The van der Waals surface area contributed by atoms with Gasteiger partial charge in [0.1, 0.15) is 5.60 Å². The van der Waals surface area contributed by atoms with Crippen molar-refractivity contribution in [2.75, 3.05) is 7.11 Å². The van der Waals surface area contributed by atoms with E-state index in [1.165, 1.54) is 13.2 Å². The van der Waals surface area contributed by atoms with Crippen LogP contribution in [0.25, 0.3) is 0 Å². The molecule has 0 unspecified atom stereocenters. The molecule has 0 heterocycles. The van der Waals surface area contributed by atoms with Crippen LogP contribution in [0.1, 0.15) is 43.0 Å². The summed E-state index contributed by atoms with van der Waals surface area (Å²) in [5.74, 6) is -1.62. The smallest absolute Gasteiger partial charge is 0.194 e. The quantitative estimate of drug-likeness (QED) is 0.780. The van der Waals surface area contributed by atoms with Crippen molar-refractivity contribution in [1.82, 2.24) is 0 Å². The molecule has 0 bridgehead atoms. The van der Waals surface area contributed by atoms with Crippen LogP contribution < -0.4 is 0 Å². The van der Waals surface area contributed by atoms with Crippen LogP contribution in [-0.2, 0) is 4.74 Å². The average Bonchev–Trinajstić information content (AvgIpc) is 2.42. The maximum absolute atomic E-state index is 13.2. The standard InChI is InChI=1S/C15H18F2O2/c1-10-5-7-15(19-2,8-6-10)14(18)11-3-4-12(16)13(17)9-11/h3-4,9-10H,5-8H2,1-2H3. The van der Waals surface area contributed by atoms with Gasteiger partial charge in [0.25, 0.3) is 0 Å². The average molecular weight is 268 g/mol. The van der Waals surface area contributed by atoms with Crippen molar-refractivity contribution in [1.29, 1.82) is 0 Å². The van der Waals surface area contributed by atoms with Crippen LogP contribution in [0.15, 0.2) is 18.2 Å². The van der Waals surface area contributed by atoms with Crippen molar-refractivity contribution in [3.8, 4) is 0 Å². The monoisotopic (exact) mass is 268 g/mol. The zero-order valence-electron chi connectivity index (χ0n) is 11.2. The van der Waals surface area contributed by atoms with Crippen LogP contribution in [0.3, 0.4) is 0 Å². The summed E-state index contributed by atoms with van der Waals surface area (Å²) < 4.78 is 31.6. The van der Waals surface area contributed by atoms with E-state index in [0.717, 1.165) is 25.0 Å². The van der Waals surface area contributed by atoms with Gasteiger partial charge >= 0.3 is 0 Å². The highest BCUT2D eigenvalue weighted by molar-refractivity contribution is 6.02. The number of ketones is 1. The third-order valence-electron chi connectivity index (χ3n) is 4.07. The van der Waals surface area contributed by atoms with Gasteiger partial charge in [0.05, 0.1) is 0 Å². The lowest BCUT2D eigenvalue weighted by Gasteiger charge is -2.36. The summed E-state index contributed by atoms with van der Waals surface area (Å²) in [5.41, 5.74) is -0.702. The van der Waals surface area contributed by atoms with E-state index < -0.39 is 17.2 Å². The lowest BCUT2D eigenvalue weighted by Crippen LogP contribution is -2.43. The highest BCUT2D eigenvalue weighted by Gasteiger charge is 2.41. The predicted octanol–water partition coefficient (Wildman–Crippen LogP) is 3.74. The van der Waals surface area contributed by atoms with Gasteiger partial charge in [-0.05, 0) is 49.8 Å². The molecular weight excluding hydrogens is 250 g/mol. The van der Waals surface area contributed by atoms with Crippen molar-refractivity contribution in [3.63, 3.8) is 0 Å². The molecule has 1 aliphatic carbocycles. The Morgan fingerprint density at radius 1 is 1.26 bits per heavy atom. The number of ether oxygens (including phenoxy) is 1. The molecule has 1 aromatic carbocycles. The van der Waals surface area contributed by atoms with E-state index in [9.17, 15) is 13.6 Å². The van der Waals surface area contributed by atoms with E-state index in [2.05, 4.69) is 6.92 Å². The van der Waals surface area contributed by atoms with Gasteiger partial charge in [-0.1, -0.05) is 6.92 Å². The SMILES string of the molecule is COC1(C(=O)c2ccc(F)c(F)c2)CCC(C)CC1. The van der Waals surface area contributed by atoms with Crippen molar-refractivity contribution < 1.29 is 18.3 Å². The second-order valence-corrected chi connectivity index (χ2v) is 5.34. The lowest BCUT2D eigenvalue weighted by molar-refractivity contribution is -0.0263. The number of rotatable bonds is 3. The molecular formula is C15H18F2O2. The number of hydrogen-bond acceptors (Lipinski definition) is 2. The first-order chi connectivity index (χ1) is 8.98. The second-order valence-electron chi connectivity index (χ2n) is 5.34. The molecule has 0 amide bonds. The van der Waals surface area contributed by atoms with Crippen LogP contribution in [0.2, 0.25) is 0 Å². The largest absolute Gasteiger partial charge is 0.370 e. The maximum atomic E-state index is 13.2. The molecule has 2 rings (SSSR count). The zero-order valence-corrected chi connectivity index (χ0v) is 11.2. The molecule has 19 heavy (non-hydrogen) atoms. The molecule has 0 radical (unpaired) electrons. The summed E-state index contributed by atoms with van der Waals surface area (Å²) in [4.78, 5) is 12.5. The van der Waals surface area contributed by atoms with E-state index in [1.54, 1.807) is 0 Å². The summed E-state index contributed by atoms with van der Waals surface area (Å²) in [6.07, 6.45) is 3.07. The predicted molar refractivity (Wildman–Crippen MR) is 68.1 cm³/mol. The van der Waals surface area contributed by atoms with Gasteiger partial charge in [-0.15, -0.1) is 0 Å². The molecule has 0 aliphatic heterocycles. The first kappa shape index (κ1) is 14.1. The molecule has 0 N–H and O–H groups in total. The van der Waals surface area contributed by atoms with Crippen molar-refractivity contribution >= 4 is 5.78 Å². The first-order valence-corrected chi connectivity index (χ1v) is 6.53. The van der Waals surface area contributed by atoms with E-state index >= 15 is 0 Å². The summed E-state index contributed by atoms with van der Waals surface area (Å²) in [5, 5.41) is 0. The molecule has 1 aliphatic rings. The Labute approximate surface area is 111 Å². The summed E-state index contributed by atoms with van der Waals surface area (Å²) in [6.45, 7) is 2.14. The number of carbonyl (C=O) groups is 1. The molecule has 1 saturated carbocycles. The van der Waals surface area contributed by atoms with Crippen LogP contribution in [-0.4, -0.2) is 18.5 Å². The third kappa shape index (κ3) is 2.68. The Balaban J connectivity index is 2.28. The van der Waals surface area contributed by atoms with Crippen molar-refractivity contribution in [3.05, 3.63) is 35.4 Å². The van der Waals surface area contributed by atoms with Crippen LogP contribution >= 0.6 is 0 Å². The molecule has 0 aromatic heterocycles. The number of carbonyl (C=O) groups excluding carboxylic acids is 1. The van der Waals surface area contributed by atoms with Crippen LogP contribution in [0.4, 0.5) is 8.78 Å². The second kappa shape index (κ2) is 5.37. The van der Waals surface area contributed by atoms with Gasteiger partial charge in [-0.3, -0.25) is 4.79 Å². The molecule has 1 aromatic rings. The Bertz CT molecular complexity index is 477. The Morgan fingerprint density at radius 2 is 1.89 bits per heavy atom. The van der Waals surface area contributed by atoms with Crippen LogP contribution in [0, 0.1) is 17.6 Å². The van der Waals surface area contributed by atoms with E-state index in [4.69, 9.17) is 4.74 Å². The van der Waals surface area contributed by atoms with Gasteiger partial charge in [0.2, 0.25) is 0 Å². The maximum Gasteiger partial charge on any atom is 0.194 e. The van der Waals surface area contributed by atoms with E-state index in [1.807, 2.05) is 0 Å². The molecule has 0 atom stereocenters. The molecule has 0 spiro atoms. The van der Waals surface area contributed by atoms with Crippen LogP contribution in [0.5, 0.6) is 0 Å². The summed E-state index contributed by atoms with van der Waals surface area (Å²) in [7, 11) is 1.51. The summed E-state index contributed by atoms with van der Waals surface area (Å²) >= 11 is 0. The highest BCUT2D eigenvalue weighted by atomic mass is 19.2. The minimum Gasteiger partial charge on any atom is -0.370 e. The van der Waals surface area contributed by atoms with Gasteiger partial charge in [-0.2, -0.15) is 0 Å². The first-order valence-electron chi connectivity index (χ1n) is 6.53. The fourth-order valence-electron chi connectivity index (χ4n) is 2.65. The number of hydrogen-bond donors (Lipinski definition) is 0. The molecule has 104 valence electrons. The number of Topliss-reactive ketones (excluding diaryl/α,β-unsaturated/α-hetero) is 1. The van der Waals surface area contributed by atoms with Gasteiger partial charge < -0.3 is 4.74 Å². The minimum atomic E-state index is -0.999. The summed E-state index contributed by atoms with van der Waals surface area (Å²) in [6, 6.07) is 3.26. The number of halogens is 2. The zero-order chi connectivity index (χ0) is 14.0. The third-order valence-corrected chi connectivity index (χ3v) is 4.07. The molecule has 2 nitrogen and oxygen atoms in total. The van der Waals surface area contributed by atoms with E-state index in [0.29, 0.717) is 18.8 Å².